The van der Waals surface area contributed by atoms with Crippen LogP contribution in [-0.4, -0.2) is 37.1 Å². The summed E-state index contributed by atoms with van der Waals surface area (Å²) in [5.41, 5.74) is 6.84. The number of benzene rings is 1. The first kappa shape index (κ1) is 14.7. The third kappa shape index (κ3) is 3.63. The van der Waals surface area contributed by atoms with Crippen LogP contribution in [0, 0.1) is 0 Å². The van der Waals surface area contributed by atoms with Gasteiger partial charge in [0.25, 0.3) is 0 Å². The molecule has 5 heteroatoms. The molecule has 1 aliphatic rings. The van der Waals surface area contributed by atoms with Gasteiger partial charge < -0.3 is 20.1 Å². The van der Waals surface area contributed by atoms with Gasteiger partial charge in [-0.2, -0.15) is 0 Å². The van der Waals surface area contributed by atoms with Crippen LogP contribution in [0.25, 0.3) is 0 Å². The van der Waals surface area contributed by atoms with E-state index in [-0.39, 0.29) is 11.9 Å². The maximum atomic E-state index is 12.0. The number of nitrogens with two attached hydrogens (primary N) is 1. The molecule has 0 bridgehead atoms. The van der Waals surface area contributed by atoms with Gasteiger partial charge in [-0.3, -0.25) is 4.79 Å². The summed E-state index contributed by atoms with van der Waals surface area (Å²) in [6.07, 6.45) is 1.20. The molecule has 0 saturated carbocycles. The van der Waals surface area contributed by atoms with Gasteiger partial charge in [-0.15, -0.1) is 0 Å². The van der Waals surface area contributed by atoms with E-state index in [1.165, 1.54) is 0 Å². The van der Waals surface area contributed by atoms with Gasteiger partial charge in [0.05, 0.1) is 0 Å². The largest absolute Gasteiger partial charge is 0.486 e. The lowest BCUT2D eigenvalue weighted by Gasteiger charge is -2.22. The summed E-state index contributed by atoms with van der Waals surface area (Å²) in [5, 5.41) is 0. The van der Waals surface area contributed by atoms with Crippen LogP contribution in [0.2, 0.25) is 0 Å². The molecule has 5 nitrogen and oxygen atoms in total. The summed E-state index contributed by atoms with van der Waals surface area (Å²) in [5.74, 6) is 1.58. The predicted octanol–water partition coefficient (Wildman–Crippen LogP) is 1.54. The molecule has 0 radical (unpaired) electrons. The molecule has 110 valence electrons. The fraction of sp³-hybridized carbons (Fsp3) is 0.533. The zero-order chi connectivity index (χ0) is 14.5. The highest BCUT2D eigenvalue weighted by molar-refractivity contribution is 5.76. The fourth-order valence-electron chi connectivity index (χ4n) is 2.07. The first-order chi connectivity index (χ1) is 9.60. The maximum Gasteiger partial charge on any atom is 0.224 e. The monoisotopic (exact) mass is 278 g/mol. The van der Waals surface area contributed by atoms with Crippen LogP contribution in [0.5, 0.6) is 11.5 Å². The zero-order valence-corrected chi connectivity index (χ0v) is 12.1. The first-order valence-corrected chi connectivity index (χ1v) is 6.98. The lowest BCUT2D eigenvalue weighted by Crippen LogP contribution is -2.32. The van der Waals surface area contributed by atoms with Crippen molar-refractivity contribution in [2.24, 2.45) is 5.73 Å². The van der Waals surface area contributed by atoms with E-state index in [0.717, 1.165) is 23.5 Å². The topological polar surface area (TPSA) is 64.8 Å². The van der Waals surface area contributed by atoms with Crippen molar-refractivity contribution in [2.75, 3.05) is 20.3 Å². The minimum atomic E-state index is -0.0646. The zero-order valence-electron chi connectivity index (χ0n) is 12.1. The Kier molecular flexibility index (Phi) is 4.84. The van der Waals surface area contributed by atoms with Gasteiger partial charge in [-0.05, 0) is 24.1 Å². The van der Waals surface area contributed by atoms with Crippen molar-refractivity contribution in [3.63, 3.8) is 0 Å². The molecule has 20 heavy (non-hydrogen) atoms. The lowest BCUT2D eigenvalue weighted by atomic mass is 10.1. The fourth-order valence-corrected chi connectivity index (χ4v) is 2.07. The van der Waals surface area contributed by atoms with Crippen LogP contribution >= 0.6 is 0 Å². The average molecular weight is 278 g/mol. The Hall–Kier alpha value is -1.75. The second-order valence-electron chi connectivity index (χ2n) is 5.10. The first-order valence-electron chi connectivity index (χ1n) is 6.98. The third-order valence-corrected chi connectivity index (χ3v) is 3.41. The number of rotatable bonds is 5. The molecular weight excluding hydrogens is 256 g/mol. The van der Waals surface area contributed by atoms with Gasteiger partial charge in [-0.1, -0.05) is 13.0 Å². The van der Waals surface area contributed by atoms with E-state index in [4.69, 9.17) is 15.2 Å². The Morgan fingerprint density at radius 1 is 1.35 bits per heavy atom. The van der Waals surface area contributed by atoms with Crippen molar-refractivity contribution < 1.29 is 14.3 Å². The van der Waals surface area contributed by atoms with Crippen molar-refractivity contribution >= 4 is 5.91 Å². The third-order valence-electron chi connectivity index (χ3n) is 3.41. The molecule has 1 aromatic rings. The van der Waals surface area contributed by atoms with E-state index in [1.54, 1.807) is 11.9 Å². The van der Waals surface area contributed by atoms with E-state index in [0.29, 0.717) is 26.2 Å². The Morgan fingerprint density at radius 3 is 2.75 bits per heavy atom. The Labute approximate surface area is 119 Å². The number of amides is 1. The van der Waals surface area contributed by atoms with Crippen LogP contribution in [0.4, 0.5) is 0 Å². The van der Waals surface area contributed by atoms with Gasteiger partial charge in [0.2, 0.25) is 5.91 Å². The van der Waals surface area contributed by atoms with Crippen LogP contribution in [0.3, 0.4) is 0 Å². The second kappa shape index (κ2) is 6.61. The number of carbonyl (C=O) groups is 1. The number of nitrogens with zero attached hydrogens (tertiary/aromatic N) is 1. The van der Waals surface area contributed by atoms with Crippen molar-refractivity contribution in [1.29, 1.82) is 0 Å². The summed E-state index contributed by atoms with van der Waals surface area (Å²) >= 11 is 0. The molecule has 0 aliphatic carbocycles. The minimum Gasteiger partial charge on any atom is -0.486 e. The molecule has 0 saturated heterocycles. The van der Waals surface area contributed by atoms with Crippen molar-refractivity contribution in [3.05, 3.63) is 23.8 Å². The van der Waals surface area contributed by atoms with E-state index in [2.05, 4.69) is 0 Å². The number of ether oxygens (including phenoxy) is 2. The second-order valence-corrected chi connectivity index (χ2v) is 5.10. The highest BCUT2D eigenvalue weighted by atomic mass is 16.6. The van der Waals surface area contributed by atoms with Crippen LogP contribution in [-0.2, 0) is 11.3 Å². The van der Waals surface area contributed by atoms with Gasteiger partial charge in [0.15, 0.2) is 11.5 Å². The average Bonchev–Trinajstić information content (AvgIpc) is 2.46. The number of carbonyl (C=O) groups excluding carboxylic acids is 1. The Bertz CT molecular complexity index is 476. The Balaban J connectivity index is 1.97. The van der Waals surface area contributed by atoms with E-state index in [9.17, 15) is 4.79 Å². The smallest absolute Gasteiger partial charge is 0.224 e. The van der Waals surface area contributed by atoms with Gasteiger partial charge in [0, 0.05) is 26.1 Å². The van der Waals surface area contributed by atoms with Crippen molar-refractivity contribution in [1.82, 2.24) is 4.90 Å². The molecule has 0 spiro atoms. The maximum absolute atomic E-state index is 12.0. The number of hydrogen-bond donors (Lipinski definition) is 1. The summed E-state index contributed by atoms with van der Waals surface area (Å²) in [6, 6.07) is 5.71. The van der Waals surface area contributed by atoms with Gasteiger partial charge in [0.1, 0.15) is 13.2 Å². The highest BCUT2D eigenvalue weighted by Gasteiger charge is 2.15. The summed E-state index contributed by atoms with van der Waals surface area (Å²) in [7, 11) is 1.79. The molecule has 2 rings (SSSR count). The lowest BCUT2D eigenvalue weighted by molar-refractivity contribution is -0.130. The SMILES string of the molecule is CCC(N)CC(=O)N(C)Cc1ccc2c(c1)OCCO2. The van der Waals surface area contributed by atoms with Crippen molar-refractivity contribution in [3.8, 4) is 11.5 Å². The number of fused-ring (bicyclic) bond motifs is 1. The molecule has 1 heterocycles. The molecule has 0 fully saturated rings. The van der Waals surface area contributed by atoms with E-state index in [1.807, 2.05) is 25.1 Å². The van der Waals surface area contributed by atoms with Gasteiger partial charge in [-0.25, -0.2) is 0 Å². The van der Waals surface area contributed by atoms with Crippen LogP contribution < -0.4 is 15.2 Å². The van der Waals surface area contributed by atoms with Crippen LogP contribution in [0.1, 0.15) is 25.3 Å². The quantitative estimate of drug-likeness (QED) is 0.887. The minimum absolute atomic E-state index is 0.0641. The normalized spacial score (nSPS) is 14.8. The molecule has 1 aromatic carbocycles. The summed E-state index contributed by atoms with van der Waals surface area (Å²) in [4.78, 5) is 13.7. The summed E-state index contributed by atoms with van der Waals surface area (Å²) in [6.45, 7) is 3.68. The molecule has 1 aliphatic heterocycles. The Morgan fingerprint density at radius 2 is 2.05 bits per heavy atom. The van der Waals surface area contributed by atoms with Gasteiger partial charge >= 0.3 is 0 Å². The molecule has 0 aromatic heterocycles. The molecule has 2 N–H and O–H groups in total. The molecule has 1 unspecified atom stereocenters. The summed E-state index contributed by atoms with van der Waals surface area (Å²) < 4.78 is 11.0. The standard InChI is InChI=1S/C15H22N2O3/c1-3-12(16)9-15(18)17(2)10-11-4-5-13-14(8-11)20-7-6-19-13/h4-5,8,12H,3,6-7,9-10,16H2,1-2H3. The van der Waals surface area contributed by atoms with E-state index >= 15 is 0 Å². The molecule has 1 amide bonds. The van der Waals surface area contributed by atoms with Crippen molar-refractivity contribution in [2.45, 2.75) is 32.4 Å². The van der Waals surface area contributed by atoms with Crippen LogP contribution in [0.15, 0.2) is 18.2 Å². The predicted molar refractivity (Wildman–Crippen MR) is 76.8 cm³/mol. The highest BCUT2D eigenvalue weighted by Crippen LogP contribution is 2.31. The van der Waals surface area contributed by atoms with E-state index < -0.39 is 0 Å². The molecular formula is C15H22N2O3. The molecule has 1 atom stereocenters. The number of hydrogen-bond acceptors (Lipinski definition) is 4.